The van der Waals surface area contributed by atoms with Crippen LogP contribution in [0.2, 0.25) is 0 Å². The van der Waals surface area contributed by atoms with E-state index in [0.717, 1.165) is 35.3 Å². The van der Waals surface area contributed by atoms with E-state index in [1.54, 1.807) is 21.3 Å². The molecule has 0 aliphatic rings. The number of nitrogens with one attached hydrogen (secondary N) is 2. The molecule has 0 aliphatic heterocycles. The van der Waals surface area contributed by atoms with E-state index in [9.17, 15) is 0 Å². The van der Waals surface area contributed by atoms with E-state index in [4.69, 9.17) is 9.47 Å². The first kappa shape index (κ1) is 23.4. The van der Waals surface area contributed by atoms with Crippen molar-refractivity contribution < 1.29 is 9.47 Å². The van der Waals surface area contributed by atoms with Crippen LogP contribution in [-0.4, -0.2) is 39.5 Å². The number of rotatable bonds is 8. The second kappa shape index (κ2) is 12.7. The third-order valence-corrected chi connectivity index (χ3v) is 4.83. The fourth-order valence-corrected chi connectivity index (χ4v) is 3.14. The monoisotopic (exact) mass is 501 g/mol. The van der Waals surface area contributed by atoms with Gasteiger partial charge in [-0.1, -0.05) is 23.8 Å². The molecular weight excluding hydrogens is 473 g/mol. The number of hydrogen-bond donors (Lipinski definition) is 2. The molecule has 0 atom stereocenters. The Morgan fingerprint density at radius 3 is 2.33 bits per heavy atom. The Morgan fingerprint density at radius 2 is 1.70 bits per heavy atom. The molecule has 0 saturated carbocycles. The molecule has 148 valence electrons. The van der Waals surface area contributed by atoms with Crippen LogP contribution in [0.1, 0.15) is 11.1 Å². The SMILES string of the molecule is CN=C(NCCSc1ccc(C)cc1)NCc1ccc(OC)c(OC)c1.I. The fourth-order valence-electron chi connectivity index (χ4n) is 2.37. The average Bonchev–Trinajstić information content (AvgIpc) is 2.68. The predicted molar refractivity (Wildman–Crippen MR) is 125 cm³/mol. The van der Waals surface area contributed by atoms with Gasteiger partial charge >= 0.3 is 0 Å². The van der Waals surface area contributed by atoms with Gasteiger partial charge in [0.05, 0.1) is 14.2 Å². The zero-order valence-electron chi connectivity index (χ0n) is 16.2. The largest absolute Gasteiger partial charge is 0.493 e. The van der Waals surface area contributed by atoms with Crippen molar-refractivity contribution >= 4 is 41.7 Å². The highest BCUT2D eigenvalue weighted by atomic mass is 127. The smallest absolute Gasteiger partial charge is 0.191 e. The van der Waals surface area contributed by atoms with Gasteiger partial charge < -0.3 is 20.1 Å². The van der Waals surface area contributed by atoms with Crippen LogP contribution >= 0.6 is 35.7 Å². The maximum Gasteiger partial charge on any atom is 0.191 e. The summed E-state index contributed by atoms with van der Waals surface area (Å²) in [6, 6.07) is 14.5. The molecule has 0 spiro atoms. The Morgan fingerprint density at radius 1 is 1.00 bits per heavy atom. The summed E-state index contributed by atoms with van der Waals surface area (Å²) in [5.41, 5.74) is 2.38. The molecule has 0 bridgehead atoms. The highest BCUT2D eigenvalue weighted by Crippen LogP contribution is 2.27. The molecule has 5 nitrogen and oxygen atoms in total. The number of aliphatic imine (C=N–C) groups is 1. The minimum atomic E-state index is 0. The van der Waals surface area contributed by atoms with Gasteiger partial charge in [0.15, 0.2) is 17.5 Å². The standard InChI is InChI=1S/C20H27N3O2S.HI/c1-15-5-8-17(9-6-15)26-12-11-22-20(21-2)23-14-16-7-10-18(24-3)19(13-16)25-4;/h5-10,13H,11-12,14H2,1-4H3,(H2,21,22,23);1H. The minimum absolute atomic E-state index is 0. The number of hydrogen-bond acceptors (Lipinski definition) is 4. The number of ether oxygens (including phenoxy) is 2. The summed E-state index contributed by atoms with van der Waals surface area (Å²) in [6.07, 6.45) is 0. The molecule has 0 unspecified atom stereocenters. The molecule has 0 amide bonds. The van der Waals surface area contributed by atoms with Crippen molar-refractivity contribution in [1.29, 1.82) is 0 Å². The van der Waals surface area contributed by atoms with Gasteiger partial charge in [0.25, 0.3) is 0 Å². The molecule has 0 saturated heterocycles. The highest BCUT2D eigenvalue weighted by Gasteiger charge is 2.05. The van der Waals surface area contributed by atoms with E-state index < -0.39 is 0 Å². The van der Waals surface area contributed by atoms with Crippen LogP contribution in [0.3, 0.4) is 0 Å². The third kappa shape index (κ3) is 7.88. The summed E-state index contributed by atoms with van der Waals surface area (Å²) >= 11 is 1.83. The molecule has 7 heteroatoms. The first-order valence-electron chi connectivity index (χ1n) is 8.51. The molecule has 0 aliphatic carbocycles. The number of halogens is 1. The van der Waals surface area contributed by atoms with Gasteiger partial charge in [-0.3, -0.25) is 4.99 Å². The van der Waals surface area contributed by atoms with Gasteiger partial charge in [-0.2, -0.15) is 0 Å². The van der Waals surface area contributed by atoms with E-state index in [2.05, 4.69) is 46.8 Å². The van der Waals surface area contributed by atoms with Gasteiger partial charge in [0.1, 0.15) is 0 Å². The molecule has 27 heavy (non-hydrogen) atoms. The molecule has 2 aromatic carbocycles. The van der Waals surface area contributed by atoms with Crippen LogP contribution in [0.4, 0.5) is 0 Å². The molecule has 2 N–H and O–H groups in total. The number of benzene rings is 2. The predicted octanol–water partition coefficient (Wildman–Crippen LogP) is 4.09. The maximum absolute atomic E-state index is 5.34. The van der Waals surface area contributed by atoms with Crippen LogP contribution in [0.25, 0.3) is 0 Å². The van der Waals surface area contributed by atoms with E-state index in [1.165, 1.54) is 10.5 Å². The number of aryl methyl sites for hydroxylation is 1. The number of thioether (sulfide) groups is 1. The first-order chi connectivity index (χ1) is 12.7. The zero-order chi connectivity index (χ0) is 18.8. The quantitative estimate of drug-likeness (QED) is 0.188. The van der Waals surface area contributed by atoms with Crippen LogP contribution < -0.4 is 20.1 Å². The van der Waals surface area contributed by atoms with Crippen LogP contribution in [0.15, 0.2) is 52.4 Å². The normalized spacial score (nSPS) is 10.7. The van der Waals surface area contributed by atoms with Crippen molar-refractivity contribution in [2.75, 3.05) is 33.6 Å². The average molecular weight is 501 g/mol. The number of methoxy groups -OCH3 is 2. The van der Waals surface area contributed by atoms with Crippen LogP contribution in [0, 0.1) is 6.92 Å². The minimum Gasteiger partial charge on any atom is -0.493 e. The molecule has 0 fully saturated rings. The van der Waals surface area contributed by atoms with Crippen molar-refractivity contribution in [2.24, 2.45) is 4.99 Å². The van der Waals surface area contributed by atoms with Gasteiger partial charge in [-0.15, -0.1) is 35.7 Å². The van der Waals surface area contributed by atoms with Crippen LogP contribution in [-0.2, 0) is 6.54 Å². The lowest BCUT2D eigenvalue weighted by molar-refractivity contribution is 0.354. The molecule has 2 aromatic rings. The summed E-state index contributed by atoms with van der Waals surface area (Å²) in [4.78, 5) is 5.55. The Labute approximate surface area is 183 Å². The second-order valence-electron chi connectivity index (χ2n) is 5.70. The van der Waals surface area contributed by atoms with Crippen molar-refractivity contribution in [2.45, 2.75) is 18.4 Å². The highest BCUT2D eigenvalue weighted by molar-refractivity contribution is 14.0. The molecule has 0 radical (unpaired) electrons. The molecule has 2 rings (SSSR count). The van der Waals surface area contributed by atoms with Crippen LogP contribution in [0.5, 0.6) is 11.5 Å². The van der Waals surface area contributed by atoms with E-state index in [1.807, 2.05) is 30.0 Å². The Bertz CT molecular complexity index is 724. The topological polar surface area (TPSA) is 54.9 Å². The van der Waals surface area contributed by atoms with Gasteiger partial charge in [-0.05, 0) is 36.8 Å². The van der Waals surface area contributed by atoms with E-state index in [0.29, 0.717) is 6.54 Å². The van der Waals surface area contributed by atoms with E-state index in [-0.39, 0.29) is 24.0 Å². The third-order valence-electron chi connectivity index (χ3n) is 3.82. The Hall–Kier alpha value is -1.61. The Balaban J connectivity index is 0.00000364. The summed E-state index contributed by atoms with van der Waals surface area (Å²) < 4.78 is 10.6. The lowest BCUT2D eigenvalue weighted by Gasteiger charge is -2.13. The number of guanidine groups is 1. The summed E-state index contributed by atoms with van der Waals surface area (Å²) in [5.74, 6) is 3.21. The van der Waals surface area contributed by atoms with Crippen molar-refractivity contribution in [1.82, 2.24) is 10.6 Å². The van der Waals surface area contributed by atoms with E-state index >= 15 is 0 Å². The molecule has 0 aromatic heterocycles. The second-order valence-corrected chi connectivity index (χ2v) is 6.87. The fraction of sp³-hybridized carbons (Fsp3) is 0.350. The van der Waals surface area contributed by atoms with Crippen molar-refractivity contribution in [3.05, 3.63) is 53.6 Å². The van der Waals surface area contributed by atoms with Crippen molar-refractivity contribution in [3.63, 3.8) is 0 Å². The molecule has 0 heterocycles. The summed E-state index contributed by atoms with van der Waals surface area (Å²) in [6.45, 7) is 3.60. The lowest BCUT2D eigenvalue weighted by Crippen LogP contribution is -2.37. The van der Waals surface area contributed by atoms with Crippen molar-refractivity contribution in [3.8, 4) is 11.5 Å². The first-order valence-corrected chi connectivity index (χ1v) is 9.49. The Kier molecular flexibility index (Phi) is 11.0. The maximum atomic E-state index is 5.34. The summed E-state index contributed by atoms with van der Waals surface area (Å²) in [7, 11) is 5.05. The lowest BCUT2D eigenvalue weighted by atomic mass is 10.2. The molecular formula is C20H28IN3O2S. The van der Waals surface area contributed by atoms with Gasteiger partial charge in [0.2, 0.25) is 0 Å². The summed E-state index contributed by atoms with van der Waals surface area (Å²) in [5, 5.41) is 6.65. The van der Waals surface area contributed by atoms with Gasteiger partial charge in [0, 0.05) is 30.8 Å². The zero-order valence-corrected chi connectivity index (χ0v) is 19.4. The number of nitrogens with zero attached hydrogens (tertiary/aromatic N) is 1. The van der Waals surface area contributed by atoms with Gasteiger partial charge in [-0.25, -0.2) is 0 Å².